The molecule has 2 rings (SSSR count). The summed E-state index contributed by atoms with van der Waals surface area (Å²) in [5, 5.41) is 11.3. The van der Waals surface area contributed by atoms with Gasteiger partial charge in [0.05, 0.1) is 11.6 Å². The number of carbonyl (C=O) groups excluding carboxylic acids is 1. The number of hydrogen-bond acceptors (Lipinski definition) is 2. The van der Waals surface area contributed by atoms with Crippen LogP contribution in [0.1, 0.15) is 21.5 Å². The summed E-state index contributed by atoms with van der Waals surface area (Å²) in [7, 11) is 0. The van der Waals surface area contributed by atoms with Crippen molar-refractivity contribution in [2.75, 3.05) is 0 Å². The molecule has 19 heavy (non-hydrogen) atoms. The summed E-state index contributed by atoms with van der Waals surface area (Å²) < 4.78 is 13.4. The van der Waals surface area contributed by atoms with Crippen LogP contribution >= 0.6 is 0 Å². The highest BCUT2D eigenvalue weighted by Gasteiger charge is 2.06. The molecule has 0 saturated carbocycles. The number of rotatable bonds is 3. The number of carbonyl (C=O) groups is 1. The molecule has 0 heterocycles. The highest BCUT2D eigenvalue weighted by Crippen LogP contribution is 2.07. The SMILES string of the molecule is N#Cc1ccc(C(=O)NCc2ccccc2F)cc1. The van der Waals surface area contributed by atoms with Gasteiger partial charge in [0.15, 0.2) is 0 Å². The van der Waals surface area contributed by atoms with Crippen molar-refractivity contribution in [3.05, 3.63) is 71.0 Å². The average Bonchev–Trinajstić information content (AvgIpc) is 2.46. The molecule has 1 amide bonds. The molecule has 0 fully saturated rings. The first kappa shape index (κ1) is 12.8. The quantitative estimate of drug-likeness (QED) is 0.915. The number of benzene rings is 2. The van der Waals surface area contributed by atoms with E-state index in [0.29, 0.717) is 16.7 Å². The van der Waals surface area contributed by atoms with E-state index in [1.54, 1.807) is 42.5 Å². The molecule has 0 radical (unpaired) electrons. The van der Waals surface area contributed by atoms with Crippen molar-refractivity contribution in [1.29, 1.82) is 5.26 Å². The summed E-state index contributed by atoms with van der Waals surface area (Å²) in [5.74, 6) is -0.643. The van der Waals surface area contributed by atoms with Crippen molar-refractivity contribution < 1.29 is 9.18 Å². The van der Waals surface area contributed by atoms with E-state index >= 15 is 0 Å². The van der Waals surface area contributed by atoms with Crippen molar-refractivity contribution in [3.63, 3.8) is 0 Å². The Bertz CT molecular complexity index is 629. The third-order valence-electron chi connectivity index (χ3n) is 2.67. The average molecular weight is 254 g/mol. The van der Waals surface area contributed by atoms with Crippen LogP contribution in [0.3, 0.4) is 0 Å². The molecule has 0 unspecified atom stereocenters. The molecular formula is C15H11FN2O. The Hall–Kier alpha value is -2.67. The highest BCUT2D eigenvalue weighted by atomic mass is 19.1. The number of nitrogens with zero attached hydrogens (tertiary/aromatic N) is 1. The molecule has 1 N–H and O–H groups in total. The molecule has 0 aliphatic heterocycles. The maximum atomic E-state index is 13.4. The van der Waals surface area contributed by atoms with Crippen molar-refractivity contribution in [3.8, 4) is 6.07 Å². The van der Waals surface area contributed by atoms with Gasteiger partial charge < -0.3 is 5.32 Å². The normalized spacial score (nSPS) is 9.68. The Morgan fingerprint density at radius 3 is 2.47 bits per heavy atom. The number of halogens is 1. The van der Waals surface area contributed by atoms with E-state index in [0.717, 1.165) is 0 Å². The number of hydrogen-bond donors (Lipinski definition) is 1. The summed E-state index contributed by atoms with van der Waals surface area (Å²) in [6.45, 7) is 0.130. The van der Waals surface area contributed by atoms with Gasteiger partial charge in [0.2, 0.25) is 0 Å². The fraction of sp³-hybridized carbons (Fsp3) is 0.0667. The lowest BCUT2D eigenvalue weighted by molar-refractivity contribution is 0.0950. The molecule has 4 heteroatoms. The molecule has 2 aromatic rings. The van der Waals surface area contributed by atoms with Crippen molar-refractivity contribution in [2.24, 2.45) is 0 Å². The summed E-state index contributed by atoms with van der Waals surface area (Å²) in [5.41, 5.74) is 1.37. The first-order chi connectivity index (χ1) is 9.20. The van der Waals surface area contributed by atoms with E-state index in [1.165, 1.54) is 6.07 Å². The van der Waals surface area contributed by atoms with Crippen molar-refractivity contribution in [2.45, 2.75) is 6.54 Å². The summed E-state index contributed by atoms with van der Waals surface area (Å²) in [6, 6.07) is 14.5. The highest BCUT2D eigenvalue weighted by molar-refractivity contribution is 5.94. The molecule has 0 bridgehead atoms. The van der Waals surface area contributed by atoms with Crippen LogP contribution in [0.25, 0.3) is 0 Å². The number of nitrogens with one attached hydrogen (secondary N) is 1. The Kier molecular flexibility index (Phi) is 3.89. The van der Waals surface area contributed by atoms with E-state index in [1.807, 2.05) is 6.07 Å². The largest absolute Gasteiger partial charge is 0.348 e. The van der Waals surface area contributed by atoms with E-state index in [9.17, 15) is 9.18 Å². The van der Waals surface area contributed by atoms with Crippen LogP contribution in [0.15, 0.2) is 48.5 Å². The summed E-state index contributed by atoms with van der Waals surface area (Å²) in [6.07, 6.45) is 0. The van der Waals surface area contributed by atoms with E-state index in [2.05, 4.69) is 5.32 Å². The standard InChI is InChI=1S/C15H11FN2O/c16-14-4-2-1-3-13(14)10-18-15(19)12-7-5-11(9-17)6-8-12/h1-8H,10H2,(H,18,19). The Labute approximate surface area is 110 Å². The van der Waals surface area contributed by atoms with Crippen LogP contribution in [0.5, 0.6) is 0 Å². The molecular weight excluding hydrogens is 243 g/mol. The molecule has 0 aliphatic rings. The number of nitriles is 1. The summed E-state index contributed by atoms with van der Waals surface area (Å²) >= 11 is 0. The molecule has 94 valence electrons. The molecule has 0 atom stereocenters. The minimum absolute atomic E-state index is 0.130. The Balaban J connectivity index is 2.02. The van der Waals surface area contributed by atoms with Crippen LogP contribution < -0.4 is 5.32 Å². The Morgan fingerprint density at radius 1 is 1.16 bits per heavy atom. The topological polar surface area (TPSA) is 52.9 Å². The smallest absolute Gasteiger partial charge is 0.251 e. The van der Waals surface area contributed by atoms with Gasteiger partial charge in [0.1, 0.15) is 5.82 Å². The molecule has 0 aliphatic carbocycles. The van der Waals surface area contributed by atoms with Crippen LogP contribution in [0.2, 0.25) is 0 Å². The second kappa shape index (κ2) is 5.78. The van der Waals surface area contributed by atoms with Crippen LogP contribution in [-0.4, -0.2) is 5.91 Å². The van der Waals surface area contributed by atoms with E-state index < -0.39 is 0 Å². The maximum Gasteiger partial charge on any atom is 0.251 e. The van der Waals surface area contributed by atoms with Crippen LogP contribution in [0, 0.1) is 17.1 Å². The van der Waals surface area contributed by atoms with E-state index in [4.69, 9.17) is 5.26 Å². The molecule has 0 aromatic heterocycles. The lowest BCUT2D eigenvalue weighted by atomic mass is 10.1. The first-order valence-corrected chi connectivity index (χ1v) is 5.72. The molecule has 0 saturated heterocycles. The predicted octanol–water partition coefficient (Wildman–Crippen LogP) is 2.63. The monoisotopic (exact) mass is 254 g/mol. The first-order valence-electron chi connectivity index (χ1n) is 5.72. The lowest BCUT2D eigenvalue weighted by Gasteiger charge is -2.06. The third-order valence-corrected chi connectivity index (χ3v) is 2.67. The van der Waals surface area contributed by atoms with Gasteiger partial charge in [-0.1, -0.05) is 18.2 Å². The molecule has 0 spiro atoms. The van der Waals surface area contributed by atoms with E-state index in [-0.39, 0.29) is 18.3 Å². The molecule has 3 nitrogen and oxygen atoms in total. The van der Waals surface area contributed by atoms with Gasteiger partial charge in [0.25, 0.3) is 5.91 Å². The maximum absolute atomic E-state index is 13.4. The second-order valence-electron chi connectivity index (χ2n) is 3.96. The molecule has 2 aromatic carbocycles. The zero-order valence-electron chi connectivity index (χ0n) is 10.1. The minimum atomic E-state index is -0.345. The van der Waals surface area contributed by atoms with Gasteiger partial charge in [-0.15, -0.1) is 0 Å². The van der Waals surface area contributed by atoms with Gasteiger partial charge in [-0.2, -0.15) is 5.26 Å². The van der Waals surface area contributed by atoms with Crippen molar-refractivity contribution in [1.82, 2.24) is 5.32 Å². The predicted molar refractivity (Wildman–Crippen MR) is 68.7 cm³/mol. The zero-order valence-corrected chi connectivity index (χ0v) is 10.1. The van der Waals surface area contributed by atoms with Gasteiger partial charge in [-0.25, -0.2) is 4.39 Å². The second-order valence-corrected chi connectivity index (χ2v) is 3.96. The van der Waals surface area contributed by atoms with Crippen LogP contribution in [0.4, 0.5) is 4.39 Å². The number of amides is 1. The third kappa shape index (κ3) is 3.17. The van der Waals surface area contributed by atoms with Crippen molar-refractivity contribution >= 4 is 5.91 Å². The van der Waals surface area contributed by atoms with Gasteiger partial charge >= 0.3 is 0 Å². The van der Waals surface area contributed by atoms with Gasteiger partial charge in [-0.3, -0.25) is 4.79 Å². The zero-order chi connectivity index (χ0) is 13.7. The summed E-state index contributed by atoms with van der Waals surface area (Å²) in [4.78, 5) is 11.8. The van der Waals surface area contributed by atoms with Crippen LogP contribution in [-0.2, 0) is 6.54 Å². The van der Waals surface area contributed by atoms with Gasteiger partial charge in [0, 0.05) is 17.7 Å². The fourth-order valence-electron chi connectivity index (χ4n) is 1.62. The van der Waals surface area contributed by atoms with Gasteiger partial charge in [-0.05, 0) is 30.3 Å². The Morgan fingerprint density at radius 2 is 1.84 bits per heavy atom. The minimum Gasteiger partial charge on any atom is -0.348 e. The fourth-order valence-corrected chi connectivity index (χ4v) is 1.62. The lowest BCUT2D eigenvalue weighted by Crippen LogP contribution is -2.23.